The summed E-state index contributed by atoms with van der Waals surface area (Å²) >= 11 is 0. The number of aliphatic hydroxyl groups is 3. The second kappa shape index (κ2) is 26.5. The van der Waals surface area contributed by atoms with Gasteiger partial charge in [0.25, 0.3) is 0 Å². The summed E-state index contributed by atoms with van der Waals surface area (Å²) in [7, 11) is 8.75. The second-order valence-electron chi connectivity index (χ2n) is 23.7. The summed E-state index contributed by atoms with van der Waals surface area (Å²) in [6.45, 7) is 20.2. The average molecular weight is 1120 g/mol. The minimum atomic E-state index is -1.69. The summed E-state index contributed by atoms with van der Waals surface area (Å²) in [6, 6.07) is 5.07. The Balaban J connectivity index is 1.16. The molecule has 20 atom stereocenters. The van der Waals surface area contributed by atoms with Gasteiger partial charge in [-0.1, -0.05) is 33.8 Å². The molecule has 6 rings (SSSR count). The molecule has 0 saturated carbocycles. The molecule has 1 aromatic carbocycles. The number of carbonyl (C=O) groups excluding carboxylic acids is 2. The third-order valence-corrected chi connectivity index (χ3v) is 16.8. The number of nitrogens with one attached hydrogen (secondary N) is 1. The number of aromatic carboxylic acids is 1. The Morgan fingerprint density at radius 1 is 0.899 bits per heavy atom. The molecule has 2 aromatic rings. The van der Waals surface area contributed by atoms with Crippen LogP contribution in [0.15, 0.2) is 29.2 Å². The van der Waals surface area contributed by atoms with Crippen LogP contribution in [0.1, 0.15) is 124 Å². The van der Waals surface area contributed by atoms with Gasteiger partial charge in [0.2, 0.25) is 5.43 Å². The molecular weight excluding hydrogens is 1030 g/mol. The van der Waals surface area contributed by atoms with E-state index in [1.54, 1.807) is 77.5 Å². The minimum absolute atomic E-state index is 0.0232. The number of aromatic nitrogens is 1. The van der Waals surface area contributed by atoms with Gasteiger partial charge in [0.1, 0.15) is 29.0 Å². The maximum absolute atomic E-state index is 14.7. The van der Waals surface area contributed by atoms with Crippen LogP contribution >= 0.6 is 0 Å². The number of hydrogen-bond donors (Lipinski definition) is 5. The van der Waals surface area contributed by atoms with Crippen molar-refractivity contribution >= 4 is 28.9 Å². The number of benzene rings is 1. The Hall–Kier alpha value is -4.04. The van der Waals surface area contributed by atoms with Gasteiger partial charge in [0.15, 0.2) is 25.0 Å². The van der Waals surface area contributed by atoms with Gasteiger partial charge < -0.3 is 83.0 Å². The monoisotopic (exact) mass is 1120 g/mol. The summed E-state index contributed by atoms with van der Waals surface area (Å²) < 4.78 is 65.1. The van der Waals surface area contributed by atoms with Gasteiger partial charge in [-0.2, -0.15) is 0 Å². The molecule has 4 fully saturated rings. The van der Waals surface area contributed by atoms with E-state index in [2.05, 4.69) is 5.32 Å². The van der Waals surface area contributed by atoms with Crippen LogP contribution < -0.4 is 15.8 Å². The molecule has 0 aliphatic carbocycles. The van der Waals surface area contributed by atoms with Crippen LogP contribution in [0.4, 0.5) is 4.79 Å². The van der Waals surface area contributed by atoms with E-state index in [-0.39, 0.29) is 56.0 Å². The van der Waals surface area contributed by atoms with Crippen LogP contribution in [-0.2, 0) is 58.6 Å². The molecule has 0 radical (unpaired) electrons. The van der Waals surface area contributed by atoms with Crippen molar-refractivity contribution in [3.05, 3.63) is 45.7 Å². The lowest BCUT2D eigenvalue weighted by Gasteiger charge is -2.51. The maximum atomic E-state index is 14.7. The molecule has 22 nitrogen and oxygen atoms in total. The van der Waals surface area contributed by atoms with Gasteiger partial charge in [-0.3, -0.25) is 14.3 Å². The smallest absolute Gasteiger partial charge is 0.407 e. The van der Waals surface area contributed by atoms with Gasteiger partial charge in [-0.15, -0.1) is 0 Å². The molecule has 0 spiro atoms. The van der Waals surface area contributed by atoms with Crippen molar-refractivity contribution in [2.24, 2.45) is 23.7 Å². The highest BCUT2D eigenvalue weighted by Crippen LogP contribution is 2.44. The first-order chi connectivity index (χ1) is 37.0. The van der Waals surface area contributed by atoms with Crippen molar-refractivity contribution in [1.29, 1.82) is 0 Å². The zero-order valence-corrected chi connectivity index (χ0v) is 49.3. The number of methoxy groups -OCH3 is 1. The quantitative estimate of drug-likeness (QED) is 0.107. The number of carboxylic acids is 1. The summed E-state index contributed by atoms with van der Waals surface area (Å²) in [4.78, 5) is 54.8. The molecule has 4 aliphatic rings. The first-order valence-corrected chi connectivity index (χ1v) is 28.0. The average Bonchev–Trinajstić information content (AvgIpc) is 3.44. The fourth-order valence-electron chi connectivity index (χ4n) is 12.6. The third-order valence-electron chi connectivity index (χ3n) is 16.8. The lowest BCUT2D eigenvalue weighted by Crippen LogP contribution is -2.63. The summed E-state index contributed by atoms with van der Waals surface area (Å²) in [5, 5.41) is 51.5. The number of carboxylic acid groups (broad SMARTS) is 1. The second-order valence-corrected chi connectivity index (χ2v) is 23.7. The molecule has 22 heteroatoms. The lowest BCUT2D eigenvalue weighted by molar-refractivity contribution is -0.325. The summed E-state index contributed by atoms with van der Waals surface area (Å²) in [5.41, 5.74) is -3.97. The van der Waals surface area contributed by atoms with Crippen LogP contribution in [0.25, 0.3) is 10.9 Å². The highest BCUT2D eigenvalue weighted by atomic mass is 16.7. The van der Waals surface area contributed by atoms with Crippen LogP contribution in [-0.4, -0.2) is 200 Å². The van der Waals surface area contributed by atoms with Gasteiger partial charge in [-0.25, -0.2) is 9.59 Å². The van der Waals surface area contributed by atoms with Crippen LogP contribution in [0.5, 0.6) is 0 Å². The number of likely N-dealkylation sites (N-methyl/N-ethyl adjacent to an activating group) is 1. The third kappa shape index (κ3) is 14.6. The van der Waals surface area contributed by atoms with E-state index in [0.717, 1.165) is 5.56 Å². The number of ether oxygens (including phenoxy) is 10. The molecule has 1 amide bonds. The van der Waals surface area contributed by atoms with E-state index < -0.39 is 126 Å². The number of aryl methyl sites for hydroxylation is 1. The Bertz CT molecular complexity index is 2440. The van der Waals surface area contributed by atoms with E-state index in [1.165, 1.54) is 13.3 Å². The molecule has 2 bridgehead atoms. The molecule has 79 heavy (non-hydrogen) atoms. The van der Waals surface area contributed by atoms with E-state index in [1.807, 2.05) is 59.7 Å². The number of nitrogens with zero attached hydrogens (tertiary/aromatic N) is 3. The van der Waals surface area contributed by atoms with E-state index in [9.17, 15) is 39.6 Å². The Morgan fingerprint density at radius 2 is 1.59 bits per heavy atom. The number of aliphatic hydroxyl groups excluding tert-OH is 1. The number of hydrogen-bond acceptors (Lipinski definition) is 19. The van der Waals surface area contributed by atoms with Crippen molar-refractivity contribution in [3.8, 4) is 0 Å². The molecule has 4 aliphatic heterocycles. The van der Waals surface area contributed by atoms with Crippen molar-refractivity contribution in [3.63, 3.8) is 0 Å². The summed E-state index contributed by atoms with van der Waals surface area (Å²) in [6.07, 6.45) is -8.08. The Kier molecular flexibility index (Phi) is 21.5. The number of carbonyl (C=O) groups is 3. The molecule has 5 heterocycles. The van der Waals surface area contributed by atoms with Gasteiger partial charge in [-0.05, 0) is 118 Å². The Morgan fingerprint density at radius 3 is 2.23 bits per heavy atom. The van der Waals surface area contributed by atoms with Crippen LogP contribution in [0, 0.1) is 23.7 Å². The number of rotatable bonds is 17. The Labute approximate surface area is 465 Å². The number of fused-ring (bicyclic) bond motifs is 3. The molecule has 448 valence electrons. The molecule has 4 saturated heterocycles. The van der Waals surface area contributed by atoms with Crippen LogP contribution in [0.2, 0.25) is 0 Å². The van der Waals surface area contributed by atoms with E-state index >= 15 is 0 Å². The number of pyridine rings is 1. The fraction of sp³-hybridized carbons (Fsp3) is 0.789. The topological polar surface area (TPSA) is 265 Å². The predicted octanol–water partition coefficient (Wildman–Crippen LogP) is 4.58. The highest BCUT2D eigenvalue weighted by Gasteiger charge is 2.56. The van der Waals surface area contributed by atoms with Crippen molar-refractivity contribution < 1.29 is 82.2 Å². The van der Waals surface area contributed by atoms with Gasteiger partial charge in [0, 0.05) is 70.2 Å². The first kappa shape index (κ1) is 64.1. The van der Waals surface area contributed by atoms with Crippen molar-refractivity contribution in [2.75, 3.05) is 60.1 Å². The lowest BCUT2D eigenvalue weighted by atomic mass is 9.73. The molecular formula is C57H92N4O18. The standard InChI is InChI=1S/C57H92N4O18/c1-17-42-57(11,69)49-32(4)46(74-36(8)75-49)30(2)27-55(9,68)48(78-53-45(63)41(59(12)13)25-31(3)72-53)33(5)47(34(6)52(66)76-42)77-43-28-56(10,70-16)50(35(7)73-43)79-54(67)58-22-24-71-23-18-19-37-20-21-40-38(26-37)44(62)39(51(64)65)29-61(40)60(14)15/h20-21,26,29-36,41-43,45-50,53,63,68-69H,17-19,22-25,27-28H2,1-16H3,(H,58,67)(H,64,65)/t30-,31-,32-,33+,34-,35+,36+,41+,42-,43+,45-,46+,47+,48-,49-,50+,53+,55-,56-,57-/m1/s1. The SMILES string of the molecule is CC[C@H]1OC(=O)[C@H](C)[C@@H](O[C@H]2C[C@@](C)(OC)[C@@H](OC(=O)NCCOCCCc3ccc4c(c3)c(=O)c(C(=O)O)cn4N(C)C)[C@H](C)O2)[C@H](C)[C@@H](O[C@@H]2O[C@H](C)C[C@H](N(C)C)[C@H]2O)[C@](C)(O)C[C@@H](C)[C@@H]2O[C@H](C)O[C@H]([C@@H]2C)[C@]1(C)O. The van der Waals surface area contributed by atoms with E-state index in [4.69, 9.17) is 47.4 Å². The largest absolute Gasteiger partial charge is 0.477 e. The summed E-state index contributed by atoms with van der Waals surface area (Å²) in [5.74, 6) is -4.65. The number of cyclic esters (lactones) is 1. The fourth-order valence-corrected chi connectivity index (χ4v) is 12.6. The van der Waals surface area contributed by atoms with Gasteiger partial charge >= 0.3 is 18.0 Å². The predicted molar refractivity (Wildman–Crippen MR) is 291 cm³/mol. The first-order valence-electron chi connectivity index (χ1n) is 28.0. The minimum Gasteiger partial charge on any atom is -0.477 e. The van der Waals surface area contributed by atoms with E-state index in [0.29, 0.717) is 36.8 Å². The zero-order valence-electron chi connectivity index (χ0n) is 49.3. The number of esters is 1. The molecule has 5 N–H and O–H groups in total. The zero-order chi connectivity index (χ0) is 58.6. The molecule has 1 aromatic heterocycles. The number of alkyl carbamates (subject to hydrolysis) is 1. The normalized spacial score (nSPS) is 38.7. The maximum Gasteiger partial charge on any atom is 0.407 e. The van der Waals surface area contributed by atoms with Crippen molar-refractivity contribution in [1.82, 2.24) is 14.9 Å². The van der Waals surface area contributed by atoms with Crippen molar-refractivity contribution in [2.45, 2.75) is 211 Å². The molecule has 0 unspecified atom stereocenters. The number of amides is 1. The van der Waals surface area contributed by atoms with Crippen LogP contribution in [0.3, 0.4) is 0 Å². The van der Waals surface area contributed by atoms with Gasteiger partial charge in [0.05, 0.1) is 60.3 Å². The highest BCUT2D eigenvalue weighted by molar-refractivity contribution is 5.92.